The first kappa shape index (κ1) is 11.2. The van der Waals surface area contributed by atoms with Crippen LogP contribution < -0.4 is 11.1 Å². The van der Waals surface area contributed by atoms with Crippen molar-refractivity contribution >= 4 is 11.9 Å². The van der Waals surface area contributed by atoms with E-state index in [-0.39, 0.29) is 12.5 Å². The minimum absolute atomic E-state index is 0.0116. The second-order valence-electron chi connectivity index (χ2n) is 4.56. The fraction of sp³-hybridized carbons (Fsp3) is 0.818. The van der Waals surface area contributed by atoms with E-state index in [1.807, 2.05) is 0 Å². The number of piperidine rings is 1. The number of amides is 1. The number of nitrogens with one attached hydrogen (secondary N) is 1. The lowest BCUT2D eigenvalue weighted by molar-refractivity contribution is -0.119. The first-order valence-corrected chi connectivity index (χ1v) is 6.10. The van der Waals surface area contributed by atoms with E-state index in [0.29, 0.717) is 12.0 Å². The predicted molar refractivity (Wildman–Crippen MR) is 63.1 cm³/mol. The van der Waals surface area contributed by atoms with E-state index in [0.717, 1.165) is 25.9 Å². The molecule has 0 aromatic carbocycles. The lowest BCUT2D eigenvalue weighted by Crippen LogP contribution is -2.41. The Hall–Kier alpha value is -1.26. The number of nitrogens with zero attached hydrogens (tertiary/aromatic N) is 2. The Balaban J connectivity index is 1.73. The molecule has 5 nitrogen and oxygen atoms in total. The van der Waals surface area contributed by atoms with Crippen molar-refractivity contribution < 1.29 is 4.79 Å². The molecule has 2 aliphatic rings. The number of rotatable bonds is 3. The van der Waals surface area contributed by atoms with Gasteiger partial charge in [-0.1, -0.05) is 0 Å². The summed E-state index contributed by atoms with van der Waals surface area (Å²) < 4.78 is 0. The normalized spacial score (nSPS) is 22.0. The van der Waals surface area contributed by atoms with Crippen LogP contribution in [0.2, 0.25) is 0 Å². The Labute approximate surface area is 96.1 Å². The SMILES string of the molecule is NC(=NCC(=O)NC1CC1)N1CCCCC1. The van der Waals surface area contributed by atoms with Crippen molar-refractivity contribution in [2.45, 2.75) is 38.1 Å². The van der Waals surface area contributed by atoms with Crippen molar-refractivity contribution in [1.29, 1.82) is 0 Å². The van der Waals surface area contributed by atoms with Crippen LogP contribution in [0.3, 0.4) is 0 Å². The van der Waals surface area contributed by atoms with E-state index in [1.165, 1.54) is 19.3 Å². The van der Waals surface area contributed by atoms with Crippen LogP contribution in [-0.2, 0) is 4.79 Å². The zero-order valence-corrected chi connectivity index (χ0v) is 9.61. The van der Waals surface area contributed by atoms with Gasteiger partial charge in [0.05, 0.1) is 0 Å². The molecular weight excluding hydrogens is 204 g/mol. The molecule has 90 valence electrons. The highest BCUT2D eigenvalue weighted by Gasteiger charge is 2.23. The van der Waals surface area contributed by atoms with Gasteiger partial charge in [-0.05, 0) is 32.1 Å². The summed E-state index contributed by atoms with van der Waals surface area (Å²) >= 11 is 0. The number of aliphatic imine (C=N–C) groups is 1. The highest BCUT2D eigenvalue weighted by Crippen LogP contribution is 2.18. The fourth-order valence-electron chi connectivity index (χ4n) is 1.88. The van der Waals surface area contributed by atoms with Crippen molar-refractivity contribution in [2.24, 2.45) is 10.7 Å². The first-order valence-electron chi connectivity index (χ1n) is 6.10. The van der Waals surface area contributed by atoms with Crippen molar-refractivity contribution in [3.63, 3.8) is 0 Å². The number of nitrogens with two attached hydrogens (primary N) is 1. The third-order valence-corrected chi connectivity index (χ3v) is 3.01. The Kier molecular flexibility index (Phi) is 3.64. The van der Waals surface area contributed by atoms with E-state index >= 15 is 0 Å². The molecule has 1 heterocycles. The zero-order valence-electron chi connectivity index (χ0n) is 9.61. The van der Waals surface area contributed by atoms with Gasteiger partial charge in [-0.15, -0.1) is 0 Å². The predicted octanol–water partition coefficient (Wildman–Crippen LogP) is 0.0656. The van der Waals surface area contributed by atoms with Gasteiger partial charge in [0.25, 0.3) is 0 Å². The van der Waals surface area contributed by atoms with E-state index in [4.69, 9.17) is 5.73 Å². The number of likely N-dealkylation sites (tertiary alicyclic amines) is 1. The molecule has 1 aliphatic carbocycles. The Morgan fingerprint density at radius 3 is 2.62 bits per heavy atom. The van der Waals surface area contributed by atoms with Gasteiger partial charge in [-0.3, -0.25) is 4.79 Å². The second kappa shape index (κ2) is 5.18. The van der Waals surface area contributed by atoms with Crippen LogP contribution in [0.1, 0.15) is 32.1 Å². The van der Waals surface area contributed by atoms with E-state index in [1.54, 1.807) is 0 Å². The zero-order chi connectivity index (χ0) is 11.4. The van der Waals surface area contributed by atoms with Gasteiger partial charge >= 0.3 is 0 Å². The maximum Gasteiger partial charge on any atom is 0.242 e. The quantitative estimate of drug-likeness (QED) is 0.526. The van der Waals surface area contributed by atoms with Gasteiger partial charge in [-0.25, -0.2) is 4.99 Å². The monoisotopic (exact) mass is 224 g/mol. The molecule has 0 aromatic heterocycles. The third kappa shape index (κ3) is 3.40. The molecule has 0 bridgehead atoms. The van der Waals surface area contributed by atoms with Gasteiger partial charge < -0.3 is 16.0 Å². The van der Waals surface area contributed by atoms with Crippen LogP contribution in [0.5, 0.6) is 0 Å². The Morgan fingerprint density at radius 1 is 1.31 bits per heavy atom. The minimum atomic E-state index is -0.0116. The molecule has 16 heavy (non-hydrogen) atoms. The molecule has 1 saturated heterocycles. The van der Waals surface area contributed by atoms with Crippen molar-refractivity contribution in [3.05, 3.63) is 0 Å². The van der Waals surface area contributed by atoms with Crippen molar-refractivity contribution in [1.82, 2.24) is 10.2 Å². The molecule has 1 aliphatic heterocycles. The molecular formula is C11H20N4O. The molecule has 1 amide bonds. The third-order valence-electron chi connectivity index (χ3n) is 3.01. The van der Waals surface area contributed by atoms with E-state index in [2.05, 4.69) is 15.2 Å². The Morgan fingerprint density at radius 2 is 2.00 bits per heavy atom. The molecule has 3 N–H and O–H groups in total. The minimum Gasteiger partial charge on any atom is -0.370 e. The summed E-state index contributed by atoms with van der Waals surface area (Å²) in [5, 5.41) is 2.89. The van der Waals surface area contributed by atoms with Crippen LogP contribution in [0.25, 0.3) is 0 Å². The van der Waals surface area contributed by atoms with Crippen molar-refractivity contribution in [3.8, 4) is 0 Å². The summed E-state index contributed by atoms with van der Waals surface area (Å²) in [7, 11) is 0. The van der Waals surface area contributed by atoms with E-state index < -0.39 is 0 Å². The Bertz CT molecular complexity index is 280. The molecule has 5 heteroatoms. The summed E-state index contributed by atoms with van der Waals surface area (Å²) in [6, 6.07) is 0.402. The lowest BCUT2D eigenvalue weighted by Gasteiger charge is -2.27. The number of hydrogen-bond acceptors (Lipinski definition) is 2. The summed E-state index contributed by atoms with van der Waals surface area (Å²) in [4.78, 5) is 17.6. The molecule has 0 spiro atoms. The maximum absolute atomic E-state index is 11.4. The summed E-state index contributed by atoms with van der Waals surface area (Å²) in [6.07, 6.45) is 5.83. The highest BCUT2D eigenvalue weighted by atomic mass is 16.2. The molecule has 2 rings (SSSR count). The number of hydrogen-bond donors (Lipinski definition) is 2. The van der Waals surface area contributed by atoms with Crippen LogP contribution in [0, 0.1) is 0 Å². The largest absolute Gasteiger partial charge is 0.370 e. The van der Waals surface area contributed by atoms with Crippen LogP contribution >= 0.6 is 0 Å². The molecule has 0 aromatic rings. The standard InChI is InChI=1S/C11H20N4O/c12-11(15-6-2-1-3-7-15)13-8-10(16)14-9-4-5-9/h9H,1-8H2,(H2,12,13)(H,14,16). The number of carbonyl (C=O) groups is 1. The summed E-state index contributed by atoms with van der Waals surface area (Å²) in [5.41, 5.74) is 5.84. The molecule has 1 saturated carbocycles. The molecule has 2 fully saturated rings. The summed E-state index contributed by atoms with van der Waals surface area (Å²) in [6.45, 7) is 2.11. The average Bonchev–Trinajstić information content (AvgIpc) is 3.11. The van der Waals surface area contributed by atoms with Gasteiger partial charge in [-0.2, -0.15) is 0 Å². The van der Waals surface area contributed by atoms with Crippen molar-refractivity contribution in [2.75, 3.05) is 19.6 Å². The number of guanidine groups is 1. The maximum atomic E-state index is 11.4. The van der Waals surface area contributed by atoms with Crippen LogP contribution in [-0.4, -0.2) is 42.4 Å². The van der Waals surface area contributed by atoms with Gasteiger partial charge in [0.15, 0.2) is 5.96 Å². The number of carbonyl (C=O) groups excluding carboxylic acids is 1. The first-order chi connectivity index (χ1) is 7.75. The molecule has 0 atom stereocenters. The van der Waals surface area contributed by atoms with E-state index in [9.17, 15) is 4.79 Å². The lowest BCUT2D eigenvalue weighted by atomic mass is 10.1. The summed E-state index contributed by atoms with van der Waals surface area (Å²) in [5.74, 6) is 0.508. The smallest absolute Gasteiger partial charge is 0.242 e. The molecule has 0 unspecified atom stereocenters. The van der Waals surface area contributed by atoms with Crippen LogP contribution in [0.15, 0.2) is 4.99 Å². The van der Waals surface area contributed by atoms with Gasteiger partial charge in [0.2, 0.25) is 5.91 Å². The topological polar surface area (TPSA) is 70.7 Å². The van der Waals surface area contributed by atoms with Crippen LogP contribution in [0.4, 0.5) is 0 Å². The average molecular weight is 224 g/mol. The second-order valence-corrected chi connectivity index (χ2v) is 4.56. The highest BCUT2D eigenvalue weighted by molar-refractivity contribution is 5.84. The van der Waals surface area contributed by atoms with Gasteiger partial charge in [0.1, 0.15) is 6.54 Å². The fourth-order valence-corrected chi connectivity index (χ4v) is 1.88. The van der Waals surface area contributed by atoms with Gasteiger partial charge in [0, 0.05) is 19.1 Å². The molecule has 0 radical (unpaired) electrons.